The molecule has 67 heavy (non-hydrogen) atoms. The van der Waals surface area contributed by atoms with Crippen LogP contribution in [-0.4, -0.2) is 5.54 Å². The molecule has 12 aromatic carbocycles. The van der Waals surface area contributed by atoms with E-state index in [4.69, 9.17) is 0 Å². The highest BCUT2D eigenvalue weighted by molar-refractivity contribution is 6.33. The van der Waals surface area contributed by atoms with Gasteiger partial charge >= 0.3 is 0 Å². The van der Waals surface area contributed by atoms with Crippen LogP contribution in [0.5, 0.6) is 0 Å². The highest BCUT2D eigenvalue weighted by Crippen LogP contribution is 2.62. The molecule has 0 aromatic heterocycles. The van der Waals surface area contributed by atoms with Gasteiger partial charge < -0.3 is 4.90 Å². The molecule has 1 fully saturated rings. The Balaban J connectivity index is 1.10. The molecule has 0 radical (unpaired) electrons. The lowest BCUT2D eigenvalue weighted by Gasteiger charge is -2.50. The van der Waals surface area contributed by atoms with E-state index in [0.29, 0.717) is 0 Å². The molecule has 0 bridgehead atoms. The van der Waals surface area contributed by atoms with Crippen LogP contribution in [0, 0.1) is 0 Å². The van der Waals surface area contributed by atoms with Gasteiger partial charge in [0.05, 0.1) is 5.54 Å². The molecule has 0 amide bonds. The van der Waals surface area contributed by atoms with Crippen molar-refractivity contribution in [3.05, 3.63) is 218 Å². The molecule has 1 nitrogen and oxygen atoms in total. The third-order valence-corrected chi connectivity index (χ3v) is 16.6. The summed E-state index contributed by atoms with van der Waals surface area (Å²) in [7, 11) is 0. The molecule has 0 N–H and O–H groups in total. The highest BCUT2D eigenvalue weighted by atomic mass is 15.3. The Morgan fingerprint density at radius 3 is 1.42 bits per heavy atom. The summed E-state index contributed by atoms with van der Waals surface area (Å²) >= 11 is 0. The fraction of sp³-hybridized carbons (Fsp3) is 0.121. The first-order valence-corrected chi connectivity index (χ1v) is 24.2. The molecule has 2 aliphatic rings. The van der Waals surface area contributed by atoms with Gasteiger partial charge in [0.25, 0.3) is 0 Å². The van der Waals surface area contributed by atoms with E-state index in [0.717, 1.165) is 6.42 Å². The van der Waals surface area contributed by atoms with Crippen molar-refractivity contribution in [3.63, 3.8) is 0 Å². The van der Waals surface area contributed by atoms with E-state index < -0.39 is 0 Å². The second kappa shape index (κ2) is 14.4. The standard InChI is InChI=1S/C66H49N/c1-65-37-12-13-38-66(65,2)67(61-30-16-24-44-21-8-11-27-49(44)61)62-36-31-46(39-60(62)65)57-41-59(51-29-15-23-43-20-7-10-26-48(43)51)55-34-32-52-56(45-17-4-3-5-18-45)40-58(54-35-33-53(57)64(55)63(52)54)50-28-14-22-42-19-6-9-25-47(42)50/h3-11,14-36,39-41H,12-13,37-38H2,1-2H3. The number of anilines is 2. The lowest BCUT2D eigenvalue weighted by molar-refractivity contribution is 0.195. The smallest absolute Gasteiger partial charge is 0.0518 e. The summed E-state index contributed by atoms with van der Waals surface area (Å²) in [4.78, 5) is 2.75. The first kappa shape index (κ1) is 38.5. The molecule has 1 heteroatoms. The fourth-order valence-corrected chi connectivity index (χ4v) is 13.1. The van der Waals surface area contributed by atoms with Gasteiger partial charge in [0.15, 0.2) is 0 Å². The number of benzene rings is 12. The van der Waals surface area contributed by atoms with Gasteiger partial charge in [-0.2, -0.15) is 0 Å². The van der Waals surface area contributed by atoms with Gasteiger partial charge in [-0.3, -0.25) is 0 Å². The lowest BCUT2D eigenvalue weighted by Crippen LogP contribution is -2.54. The Labute approximate surface area is 391 Å². The molecular weight excluding hydrogens is 807 g/mol. The van der Waals surface area contributed by atoms with E-state index in [1.807, 2.05) is 0 Å². The van der Waals surface area contributed by atoms with E-state index >= 15 is 0 Å². The van der Waals surface area contributed by atoms with E-state index in [-0.39, 0.29) is 11.0 Å². The Kier molecular flexibility index (Phi) is 8.27. The summed E-state index contributed by atoms with van der Waals surface area (Å²) in [6.07, 6.45) is 4.80. The first-order valence-electron chi connectivity index (χ1n) is 24.2. The molecule has 1 saturated carbocycles. The molecule has 1 aliphatic heterocycles. The van der Waals surface area contributed by atoms with Crippen molar-refractivity contribution in [3.8, 4) is 44.5 Å². The molecule has 2 atom stereocenters. The van der Waals surface area contributed by atoms with Crippen LogP contribution < -0.4 is 4.90 Å². The summed E-state index contributed by atoms with van der Waals surface area (Å²) in [5, 5.41) is 15.5. The van der Waals surface area contributed by atoms with Crippen molar-refractivity contribution in [1.82, 2.24) is 0 Å². The number of hydrogen-bond donors (Lipinski definition) is 0. The second-order valence-electron chi connectivity index (χ2n) is 19.8. The van der Waals surface area contributed by atoms with Crippen LogP contribution in [0.1, 0.15) is 45.1 Å². The molecule has 14 rings (SSSR count). The van der Waals surface area contributed by atoms with Crippen LogP contribution in [0.2, 0.25) is 0 Å². The summed E-state index contributed by atoms with van der Waals surface area (Å²) in [6.45, 7) is 5.13. The van der Waals surface area contributed by atoms with Gasteiger partial charge in [-0.1, -0.05) is 202 Å². The normalized spacial score (nSPS) is 18.1. The van der Waals surface area contributed by atoms with Gasteiger partial charge in [0, 0.05) is 22.2 Å². The van der Waals surface area contributed by atoms with Crippen LogP contribution >= 0.6 is 0 Å². The van der Waals surface area contributed by atoms with E-state index in [9.17, 15) is 0 Å². The maximum Gasteiger partial charge on any atom is 0.0518 e. The Morgan fingerprint density at radius 2 is 0.806 bits per heavy atom. The van der Waals surface area contributed by atoms with Crippen molar-refractivity contribution in [2.45, 2.75) is 50.5 Å². The summed E-state index contributed by atoms with van der Waals surface area (Å²) in [5.41, 5.74) is 14.2. The lowest BCUT2D eigenvalue weighted by atomic mass is 9.61. The minimum Gasteiger partial charge on any atom is -0.334 e. The highest BCUT2D eigenvalue weighted by Gasteiger charge is 2.57. The Bertz CT molecular complexity index is 3960. The minimum atomic E-state index is -0.0705. The molecule has 1 heterocycles. The molecule has 2 unspecified atom stereocenters. The maximum absolute atomic E-state index is 2.75. The Morgan fingerprint density at radius 1 is 0.328 bits per heavy atom. The first-order chi connectivity index (χ1) is 33.0. The van der Waals surface area contributed by atoms with Crippen LogP contribution in [0.15, 0.2) is 212 Å². The second-order valence-corrected chi connectivity index (χ2v) is 19.8. The SMILES string of the molecule is CC12CCCCC1(C)N(c1cccc3ccccc13)c1ccc(-c3cc(-c4cccc5ccccc45)c4ccc5c(-c6ccccc6)cc(-c6cccc7ccccc67)c6ccc3c4c56)cc12. The van der Waals surface area contributed by atoms with E-state index in [2.05, 4.69) is 231 Å². The quantitative estimate of drug-likeness (QED) is 0.156. The number of rotatable bonds is 5. The Hall–Kier alpha value is -7.74. The van der Waals surface area contributed by atoms with E-state index in [1.54, 1.807) is 0 Å². The van der Waals surface area contributed by atoms with Gasteiger partial charge in [-0.05, 0) is 159 Å². The molecule has 0 spiro atoms. The summed E-state index contributed by atoms with van der Waals surface area (Å²) < 4.78 is 0. The monoisotopic (exact) mass is 855 g/mol. The van der Waals surface area contributed by atoms with E-state index in [1.165, 1.54) is 145 Å². The van der Waals surface area contributed by atoms with Gasteiger partial charge in [0.2, 0.25) is 0 Å². The van der Waals surface area contributed by atoms with Gasteiger partial charge in [-0.25, -0.2) is 0 Å². The minimum absolute atomic E-state index is 0.0340. The average molecular weight is 856 g/mol. The van der Waals surface area contributed by atoms with Crippen molar-refractivity contribution < 1.29 is 0 Å². The van der Waals surface area contributed by atoms with Crippen molar-refractivity contribution in [1.29, 1.82) is 0 Å². The van der Waals surface area contributed by atoms with Crippen molar-refractivity contribution in [2.75, 3.05) is 4.90 Å². The average Bonchev–Trinajstić information content (AvgIpc) is 3.59. The van der Waals surface area contributed by atoms with Crippen molar-refractivity contribution >= 4 is 76.0 Å². The topological polar surface area (TPSA) is 3.24 Å². The molecule has 12 aromatic rings. The predicted molar refractivity (Wildman–Crippen MR) is 287 cm³/mol. The molecule has 0 saturated heterocycles. The van der Waals surface area contributed by atoms with Crippen molar-refractivity contribution in [2.24, 2.45) is 0 Å². The zero-order valence-electron chi connectivity index (χ0n) is 38.0. The zero-order chi connectivity index (χ0) is 44.4. The maximum atomic E-state index is 2.75. The largest absolute Gasteiger partial charge is 0.334 e. The van der Waals surface area contributed by atoms with Gasteiger partial charge in [0.1, 0.15) is 0 Å². The number of hydrogen-bond acceptors (Lipinski definition) is 1. The van der Waals surface area contributed by atoms with Crippen LogP contribution in [0.4, 0.5) is 11.4 Å². The van der Waals surface area contributed by atoms with Crippen LogP contribution in [0.3, 0.4) is 0 Å². The predicted octanol–water partition coefficient (Wildman–Crippen LogP) is 18.5. The van der Waals surface area contributed by atoms with Crippen LogP contribution in [0.25, 0.3) is 109 Å². The third kappa shape index (κ3) is 5.43. The molecule has 318 valence electrons. The zero-order valence-corrected chi connectivity index (χ0v) is 38.0. The summed E-state index contributed by atoms with van der Waals surface area (Å²) in [6, 6.07) is 80.5. The number of nitrogens with zero attached hydrogens (tertiary/aromatic N) is 1. The number of fused-ring (bicyclic) bond motifs is 6. The fourth-order valence-electron chi connectivity index (χ4n) is 13.1. The molecule has 1 aliphatic carbocycles. The third-order valence-electron chi connectivity index (χ3n) is 16.6. The van der Waals surface area contributed by atoms with Crippen LogP contribution in [-0.2, 0) is 5.41 Å². The van der Waals surface area contributed by atoms with Gasteiger partial charge in [-0.15, -0.1) is 0 Å². The molecular formula is C66H49N. The summed E-state index contributed by atoms with van der Waals surface area (Å²) in [5.74, 6) is 0.